The van der Waals surface area contributed by atoms with E-state index >= 15 is 0 Å². The van der Waals surface area contributed by atoms with Crippen LogP contribution in [0.4, 0.5) is 11.4 Å². The normalized spacial score (nSPS) is 14.9. The third-order valence-electron chi connectivity index (χ3n) is 4.00. The Morgan fingerprint density at radius 2 is 1.80 bits per heavy atom. The molecule has 0 aliphatic carbocycles. The van der Waals surface area contributed by atoms with E-state index in [0.717, 1.165) is 5.69 Å². The number of carbonyl (C=O) groups is 1. The molecule has 1 aliphatic heterocycles. The summed E-state index contributed by atoms with van der Waals surface area (Å²) in [5.41, 5.74) is 1.00. The van der Waals surface area contributed by atoms with Gasteiger partial charge in [-0.05, 0) is 46.3 Å². The van der Waals surface area contributed by atoms with Gasteiger partial charge >= 0.3 is 0 Å². The van der Waals surface area contributed by atoms with Gasteiger partial charge in [0.25, 0.3) is 5.69 Å². The van der Waals surface area contributed by atoms with E-state index in [9.17, 15) is 14.9 Å². The maximum absolute atomic E-state index is 12.2. The Kier molecular flexibility index (Phi) is 5.18. The van der Waals surface area contributed by atoms with E-state index in [2.05, 4.69) is 20.8 Å². The van der Waals surface area contributed by atoms with Crippen LogP contribution in [0.2, 0.25) is 0 Å². The SMILES string of the molecule is O=C(/C=C/c1ccc(Br)o1)N1CCN(c2ccc([N+](=O)[O-])cc2)CC1. The number of benzene rings is 1. The molecule has 0 bridgehead atoms. The van der Waals surface area contributed by atoms with Gasteiger partial charge in [0.15, 0.2) is 4.67 Å². The van der Waals surface area contributed by atoms with Gasteiger partial charge in [-0.1, -0.05) is 0 Å². The van der Waals surface area contributed by atoms with Gasteiger partial charge in [0.05, 0.1) is 4.92 Å². The van der Waals surface area contributed by atoms with Crippen LogP contribution in [0.15, 0.2) is 51.6 Å². The number of nitro benzene ring substituents is 1. The van der Waals surface area contributed by atoms with E-state index in [0.29, 0.717) is 36.6 Å². The lowest BCUT2D eigenvalue weighted by Gasteiger charge is -2.35. The quantitative estimate of drug-likeness (QED) is 0.442. The van der Waals surface area contributed by atoms with Crippen molar-refractivity contribution in [3.63, 3.8) is 0 Å². The fourth-order valence-corrected chi connectivity index (χ4v) is 2.97. The lowest BCUT2D eigenvalue weighted by molar-refractivity contribution is -0.384. The Bertz CT molecular complexity index is 792. The first-order valence-corrected chi connectivity index (χ1v) is 8.54. The average molecular weight is 406 g/mol. The van der Waals surface area contributed by atoms with Crippen molar-refractivity contribution in [1.29, 1.82) is 0 Å². The van der Waals surface area contributed by atoms with Crippen molar-refractivity contribution < 1.29 is 14.1 Å². The van der Waals surface area contributed by atoms with Crippen LogP contribution in [0.25, 0.3) is 6.08 Å². The molecule has 1 fully saturated rings. The predicted molar refractivity (Wildman–Crippen MR) is 97.3 cm³/mol. The molecule has 25 heavy (non-hydrogen) atoms. The summed E-state index contributed by atoms with van der Waals surface area (Å²) < 4.78 is 5.95. The van der Waals surface area contributed by atoms with Crippen molar-refractivity contribution in [3.8, 4) is 0 Å². The van der Waals surface area contributed by atoms with Gasteiger partial charge < -0.3 is 14.2 Å². The highest BCUT2D eigenvalue weighted by Crippen LogP contribution is 2.21. The highest BCUT2D eigenvalue weighted by molar-refractivity contribution is 9.10. The molecule has 0 saturated carbocycles. The van der Waals surface area contributed by atoms with Gasteiger partial charge in [0, 0.05) is 50.1 Å². The third kappa shape index (κ3) is 4.27. The van der Waals surface area contributed by atoms with Crippen molar-refractivity contribution in [2.75, 3.05) is 31.1 Å². The lowest BCUT2D eigenvalue weighted by Crippen LogP contribution is -2.48. The van der Waals surface area contributed by atoms with Crippen LogP contribution < -0.4 is 4.90 Å². The van der Waals surface area contributed by atoms with Crippen molar-refractivity contribution in [1.82, 2.24) is 4.90 Å². The molecule has 1 aromatic heterocycles. The Labute approximate surface area is 152 Å². The molecule has 0 atom stereocenters. The number of amides is 1. The van der Waals surface area contributed by atoms with Crippen molar-refractivity contribution >= 4 is 39.3 Å². The summed E-state index contributed by atoms with van der Waals surface area (Å²) in [6, 6.07) is 10.0. The van der Waals surface area contributed by atoms with E-state index in [1.54, 1.807) is 35.2 Å². The number of rotatable bonds is 4. The first kappa shape index (κ1) is 17.2. The minimum atomic E-state index is -0.412. The molecule has 1 aliphatic rings. The number of furan rings is 1. The van der Waals surface area contributed by atoms with Crippen molar-refractivity contribution in [2.24, 2.45) is 0 Å². The molecule has 0 spiro atoms. The maximum Gasteiger partial charge on any atom is 0.269 e. The largest absolute Gasteiger partial charge is 0.450 e. The fourth-order valence-electron chi connectivity index (χ4n) is 2.65. The zero-order valence-electron chi connectivity index (χ0n) is 13.3. The van der Waals surface area contributed by atoms with E-state index in [4.69, 9.17) is 4.42 Å². The van der Waals surface area contributed by atoms with Crippen molar-refractivity contribution in [2.45, 2.75) is 0 Å². The minimum absolute atomic E-state index is 0.0594. The summed E-state index contributed by atoms with van der Waals surface area (Å²) in [7, 11) is 0. The molecule has 8 heteroatoms. The standard InChI is InChI=1S/C17H16BrN3O4/c18-16-7-5-15(25-16)6-8-17(22)20-11-9-19(10-12-20)13-1-3-14(4-2-13)21(23)24/h1-8H,9-12H2/b8-6+. The molecule has 3 rings (SSSR count). The molecule has 1 saturated heterocycles. The number of hydrogen-bond acceptors (Lipinski definition) is 5. The highest BCUT2D eigenvalue weighted by atomic mass is 79.9. The predicted octanol–water partition coefficient (Wildman–Crippen LogP) is 3.31. The van der Waals surface area contributed by atoms with Gasteiger partial charge in [0.2, 0.25) is 5.91 Å². The molecule has 0 unspecified atom stereocenters. The molecule has 2 heterocycles. The molecular formula is C17H16BrN3O4. The van der Waals surface area contributed by atoms with Crippen LogP contribution in [-0.2, 0) is 4.79 Å². The van der Waals surface area contributed by atoms with Crippen LogP contribution in [0.1, 0.15) is 5.76 Å². The third-order valence-corrected chi connectivity index (χ3v) is 4.43. The lowest BCUT2D eigenvalue weighted by atomic mass is 10.2. The Balaban J connectivity index is 1.55. The number of nitro groups is 1. The average Bonchev–Trinajstić information content (AvgIpc) is 3.05. The summed E-state index contributed by atoms with van der Waals surface area (Å²) >= 11 is 3.22. The van der Waals surface area contributed by atoms with Crippen LogP contribution in [0.5, 0.6) is 0 Å². The monoisotopic (exact) mass is 405 g/mol. The van der Waals surface area contributed by atoms with Crippen LogP contribution >= 0.6 is 15.9 Å². The molecular weight excluding hydrogens is 390 g/mol. The molecule has 2 aromatic rings. The van der Waals surface area contributed by atoms with Gasteiger partial charge in [0.1, 0.15) is 5.76 Å². The Morgan fingerprint density at radius 3 is 2.36 bits per heavy atom. The van der Waals surface area contributed by atoms with Gasteiger partial charge in [-0.2, -0.15) is 0 Å². The topological polar surface area (TPSA) is 79.8 Å². The summed E-state index contributed by atoms with van der Waals surface area (Å²) in [4.78, 5) is 26.4. The number of carbonyl (C=O) groups excluding carboxylic acids is 1. The van der Waals surface area contributed by atoms with Gasteiger partial charge in [-0.3, -0.25) is 14.9 Å². The first-order valence-electron chi connectivity index (χ1n) is 7.74. The zero-order chi connectivity index (χ0) is 17.8. The van der Waals surface area contributed by atoms with E-state index in [1.165, 1.54) is 18.2 Å². The molecule has 1 amide bonds. The summed E-state index contributed by atoms with van der Waals surface area (Å²) in [5, 5.41) is 10.7. The van der Waals surface area contributed by atoms with Crippen LogP contribution in [0.3, 0.4) is 0 Å². The molecule has 0 radical (unpaired) electrons. The number of anilines is 1. The Morgan fingerprint density at radius 1 is 1.12 bits per heavy atom. The van der Waals surface area contributed by atoms with Crippen LogP contribution in [-0.4, -0.2) is 41.9 Å². The highest BCUT2D eigenvalue weighted by Gasteiger charge is 2.20. The minimum Gasteiger partial charge on any atom is -0.450 e. The summed E-state index contributed by atoms with van der Waals surface area (Å²) in [6.07, 6.45) is 3.16. The maximum atomic E-state index is 12.2. The second kappa shape index (κ2) is 7.52. The van der Waals surface area contributed by atoms with E-state index in [-0.39, 0.29) is 11.6 Å². The van der Waals surface area contributed by atoms with Crippen LogP contribution in [0, 0.1) is 10.1 Å². The van der Waals surface area contributed by atoms with E-state index < -0.39 is 4.92 Å². The molecule has 1 aromatic carbocycles. The number of hydrogen-bond donors (Lipinski definition) is 0. The number of non-ortho nitro benzene ring substituents is 1. The first-order chi connectivity index (χ1) is 12.0. The second-order valence-electron chi connectivity index (χ2n) is 5.56. The van der Waals surface area contributed by atoms with E-state index in [1.807, 2.05) is 0 Å². The second-order valence-corrected chi connectivity index (χ2v) is 6.34. The number of nitrogens with zero attached hydrogens (tertiary/aromatic N) is 3. The zero-order valence-corrected chi connectivity index (χ0v) is 14.9. The smallest absolute Gasteiger partial charge is 0.269 e. The number of piperazine rings is 1. The molecule has 130 valence electrons. The Hall–Kier alpha value is -2.61. The van der Waals surface area contributed by atoms with Gasteiger partial charge in [-0.25, -0.2) is 0 Å². The van der Waals surface area contributed by atoms with Gasteiger partial charge in [-0.15, -0.1) is 0 Å². The molecule has 7 nitrogen and oxygen atoms in total. The molecule has 0 N–H and O–H groups in total. The summed E-state index contributed by atoms with van der Waals surface area (Å²) in [6.45, 7) is 2.57. The summed E-state index contributed by atoms with van der Waals surface area (Å²) in [5.74, 6) is 0.556. The van der Waals surface area contributed by atoms with Crippen molar-refractivity contribution in [3.05, 3.63) is 63.0 Å². The number of halogens is 1. The fraction of sp³-hybridized carbons (Fsp3) is 0.235.